The molecule has 0 fully saturated rings. The molecule has 3 atom stereocenters. The van der Waals surface area contributed by atoms with Crippen molar-refractivity contribution in [3.05, 3.63) is 18.2 Å². The van der Waals surface area contributed by atoms with Gasteiger partial charge in [0.15, 0.2) is 0 Å². The largest absolute Gasteiger partial charge is 0.388 e. The molecule has 194 valence electrons. The molecule has 1 rings (SSSR count). The Balaban J connectivity index is 2.28. The van der Waals surface area contributed by atoms with Crippen molar-refractivity contribution < 1.29 is 10.2 Å². The third kappa shape index (κ3) is 14.2. The lowest BCUT2D eigenvalue weighted by atomic mass is 9.89. The highest BCUT2D eigenvalue weighted by Gasteiger charge is 2.30. The molecular weight excluding hydrogens is 408 g/mol. The summed E-state index contributed by atoms with van der Waals surface area (Å²) in [4.78, 5) is 4.52. The number of hydrogen-bond donors (Lipinski definition) is 2. The molecule has 0 spiro atoms. The van der Waals surface area contributed by atoms with E-state index in [9.17, 15) is 10.2 Å². The van der Waals surface area contributed by atoms with Crippen LogP contribution in [0.5, 0.6) is 0 Å². The zero-order chi connectivity index (χ0) is 24.5. The molecule has 2 N–H and O–H groups in total. The first-order valence-electron chi connectivity index (χ1n) is 14.2. The van der Waals surface area contributed by atoms with Gasteiger partial charge in [-0.2, -0.15) is 0 Å². The molecule has 0 aliphatic carbocycles. The van der Waals surface area contributed by atoms with Crippen LogP contribution in [-0.2, 0) is 13.0 Å². The molecule has 4 nitrogen and oxygen atoms in total. The SMILES string of the molecule is CCCCCCCCCCCc1nccn1CC(O)C(C)(O)CCCC(C)CCCC(C)C. The molecule has 1 aromatic heterocycles. The predicted octanol–water partition coefficient (Wildman–Crippen LogP) is 7.70. The van der Waals surface area contributed by atoms with Crippen LogP contribution in [0.1, 0.15) is 137 Å². The number of aromatic nitrogens is 2. The van der Waals surface area contributed by atoms with Gasteiger partial charge in [-0.25, -0.2) is 4.98 Å². The number of unbranched alkanes of at least 4 members (excludes halogenated alkanes) is 8. The van der Waals surface area contributed by atoms with Crippen LogP contribution in [0.4, 0.5) is 0 Å². The van der Waals surface area contributed by atoms with Gasteiger partial charge in [-0.1, -0.05) is 111 Å². The van der Waals surface area contributed by atoms with E-state index in [1.54, 1.807) is 6.92 Å². The van der Waals surface area contributed by atoms with E-state index < -0.39 is 11.7 Å². The third-order valence-electron chi connectivity index (χ3n) is 7.25. The van der Waals surface area contributed by atoms with E-state index in [0.717, 1.165) is 37.4 Å². The number of aliphatic hydroxyl groups excluding tert-OH is 1. The summed E-state index contributed by atoms with van der Waals surface area (Å²) in [5, 5.41) is 21.7. The van der Waals surface area contributed by atoms with Crippen LogP contribution in [-0.4, -0.2) is 31.5 Å². The highest BCUT2D eigenvalue weighted by Crippen LogP contribution is 2.24. The van der Waals surface area contributed by atoms with Crippen LogP contribution in [0, 0.1) is 11.8 Å². The highest BCUT2D eigenvalue weighted by atomic mass is 16.3. The summed E-state index contributed by atoms with van der Waals surface area (Å²) in [5.74, 6) is 2.50. The van der Waals surface area contributed by atoms with Crippen molar-refractivity contribution >= 4 is 0 Å². The molecule has 0 bridgehead atoms. The number of hydrogen-bond acceptors (Lipinski definition) is 3. The number of nitrogens with zero attached hydrogens (tertiary/aromatic N) is 2. The lowest BCUT2D eigenvalue weighted by Crippen LogP contribution is -2.42. The van der Waals surface area contributed by atoms with Gasteiger partial charge >= 0.3 is 0 Å². The fraction of sp³-hybridized carbons (Fsp3) is 0.897. The quantitative estimate of drug-likeness (QED) is 0.183. The summed E-state index contributed by atoms with van der Waals surface area (Å²) in [6.45, 7) is 11.4. The fourth-order valence-corrected chi connectivity index (χ4v) is 4.71. The first-order chi connectivity index (χ1) is 15.8. The molecule has 4 heteroatoms. The third-order valence-corrected chi connectivity index (χ3v) is 7.25. The van der Waals surface area contributed by atoms with Gasteiger partial charge in [-0.3, -0.25) is 0 Å². The number of aliphatic hydroxyl groups is 2. The second-order valence-electron chi connectivity index (χ2n) is 11.3. The average Bonchev–Trinajstić information content (AvgIpc) is 3.19. The lowest BCUT2D eigenvalue weighted by molar-refractivity contribution is -0.0755. The van der Waals surface area contributed by atoms with Crippen molar-refractivity contribution in [1.29, 1.82) is 0 Å². The molecule has 0 radical (unpaired) electrons. The van der Waals surface area contributed by atoms with Crippen LogP contribution < -0.4 is 0 Å². The van der Waals surface area contributed by atoms with Crippen molar-refractivity contribution in [2.75, 3.05) is 0 Å². The van der Waals surface area contributed by atoms with Gasteiger partial charge < -0.3 is 14.8 Å². The Bertz CT molecular complexity index is 582. The molecule has 0 aliphatic rings. The summed E-state index contributed by atoms with van der Waals surface area (Å²) in [6, 6.07) is 0. The molecule has 1 aromatic rings. The Hall–Kier alpha value is -0.870. The summed E-state index contributed by atoms with van der Waals surface area (Å²) in [6.07, 6.45) is 22.4. The van der Waals surface area contributed by atoms with Crippen molar-refractivity contribution in [2.24, 2.45) is 11.8 Å². The van der Waals surface area contributed by atoms with E-state index >= 15 is 0 Å². The fourth-order valence-electron chi connectivity index (χ4n) is 4.71. The van der Waals surface area contributed by atoms with Gasteiger partial charge in [0, 0.05) is 18.8 Å². The first-order valence-corrected chi connectivity index (χ1v) is 14.2. The molecule has 3 unspecified atom stereocenters. The molecular formula is C29H56N2O2. The topological polar surface area (TPSA) is 58.3 Å². The molecule has 33 heavy (non-hydrogen) atoms. The van der Waals surface area contributed by atoms with Crippen LogP contribution in [0.3, 0.4) is 0 Å². The Morgan fingerprint density at radius 3 is 2.12 bits per heavy atom. The van der Waals surface area contributed by atoms with Gasteiger partial charge in [0.05, 0.1) is 12.1 Å². The average molecular weight is 465 g/mol. The van der Waals surface area contributed by atoms with E-state index in [2.05, 4.69) is 32.7 Å². The molecule has 0 saturated carbocycles. The van der Waals surface area contributed by atoms with Gasteiger partial charge in [-0.05, 0) is 31.6 Å². The maximum Gasteiger partial charge on any atom is 0.108 e. The standard InChI is InChI=1S/C29H56N2O2/c1-6-7-8-9-10-11-12-13-14-20-28-30-22-23-31(28)24-27(32)29(5,33)21-16-19-26(4)18-15-17-25(2)3/h22-23,25-27,32-33H,6-21,24H2,1-5H3. The Morgan fingerprint density at radius 2 is 1.48 bits per heavy atom. The minimum Gasteiger partial charge on any atom is -0.388 e. The van der Waals surface area contributed by atoms with Gasteiger partial charge in [0.2, 0.25) is 0 Å². The maximum atomic E-state index is 10.9. The molecule has 0 amide bonds. The Kier molecular flexibility index (Phi) is 16.0. The van der Waals surface area contributed by atoms with E-state index in [-0.39, 0.29) is 0 Å². The maximum absolute atomic E-state index is 10.9. The zero-order valence-electron chi connectivity index (χ0n) is 22.7. The molecule has 0 aliphatic heterocycles. The van der Waals surface area contributed by atoms with Gasteiger partial charge in [0.1, 0.15) is 11.9 Å². The van der Waals surface area contributed by atoms with Gasteiger partial charge in [-0.15, -0.1) is 0 Å². The van der Waals surface area contributed by atoms with Crippen LogP contribution >= 0.6 is 0 Å². The Labute approximate surface area is 205 Å². The summed E-state index contributed by atoms with van der Waals surface area (Å²) < 4.78 is 2.04. The normalized spacial score (nSPS) is 15.6. The van der Waals surface area contributed by atoms with E-state index in [1.807, 2.05) is 17.0 Å². The number of aryl methyl sites for hydroxylation is 1. The van der Waals surface area contributed by atoms with Crippen molar-refractivity contribution in [1.82, 2.24) is 9.55 Å². The van der Waals surface area contributed by atoms with E-state index in [1.165, 1.54) is 70.6 Å². The minimum absolute atomic E-state index is 0.420. The van der Waals surface area contributed by atoms with Crippen LogP contribution in [0.15, 0.2) is 12.4 Å². The summed E-state index contributed by atoms with van der Waals surface area (Å²) in [7, 11) is 0. The van der Waals surface area contributed by atoms with Crippen molar-refractivity contribution in [2.45, 2.75) is 156 Å². The first kappa shape index (κ1) is 30.2. The second kappa shape index (κ2) is 17.5. The smallest absolute Gasteiger partial charge is 0.108 e. The van der Waals surface area contributed by atoms with E-state index in [4.69, 9.17) is 0 Å². The molecule has 1 heterocycles. The van der Waals surface area contributed by atoms with Gasteiger partial charge in [0.25, 0.3) is 0 Å². The van der Waals surface area contributed by atoms with E-state index in [0.29, 0.717) is 18.9 Å². The monoisotopic (exact) mass is 464 g/mol. The predicted molar refractivity (Wildman–Crippen MR) is 141 cm³/mol. The molecule has 0 aromatic carbocycles. The van der Waals surface area contributed by atoms with Crippen LogP contribution in [0.25, 0.3) is 0 Å². The second-order valence-corrected chi connectivity index (χ2v) is 11.3. The highest BCUT2D eigenvalue weighted by molar-refractivity contribution is 4.95. The summed E-state index contributed by atoms with van der Waals surface area (Å²) >= 11 is 0. The zero-order valence-corrected chi connectivity index (χ0v) is 22.7. The number of rotatable bonds is 21. The molecule has 0 saturated heterocycles. The minimum atomic E-state index is -1.06. The van der Waals surface area contributed by atoms with Crippen molar-refractivity contribution in [3.8, 4) is 0 Å². The Morgan fingerprint density at radius 1 is 0.879 bits per heavy atom. The van der Waals surface area contributed by atoms with Crippen LogP contribution in [0.2, 0.25) is 0 Å². The number of imidazole rings is 1. The summed E-state index contributed by atoms with van der Waals surface area (Å²) in [5.41, 5.74) is -1.06. The van der Waals surface area contributed by atoms with Crippen molar-refractivity contribution in [3.63, 3.8) is 0 Å². The lowest BCUT2D eigenvalue weighted by Gasteiger charge is -2.30.